The molecule has 3 aromatic rings. The van der Waals surface area contributed by atoms with E-state index in [1.54, 1.807) is 69.1 Å². The van der Waals surface area contributed by atoms with Crippen LogP contribution in [-0.4, -0.2) is 65.3 Å². The van der Waals surface area contributed by atoms with Gasteiger partial charge in [-0.3, -0.25) is 4.79 Å². The summed E-state index contributed by atoms with van der Waals surface area (Å²) in [5, 5.41) is 3.77. The smallest absolute Gasteiger partial charge is 0.435 e. The molecule has 0 atom stereocenters. The van der Waals surface area contributed by atoms with Crippen LogP contribution in [0.3, 0.4) is 0 Å². The Balaban J connectivity index is 1.35. The summed E-state index contributed by atoms with van der Waals surface area (Å²) in [7, 11) is 1.58. The lowest BCUT2D eigenvalue weighted by Crippen LogP contribution is -2.44. The fourth-order valence-corrected chi connectivity index (χ4v) is 4.60. The summed E-state index contributed by atoms with van der Waals surface area (Å²) in [6.07, 6.45) is -4.83. The first-order valence-electron chi connectivity index (χ1n) is 13.4. The van der Waals surface area contributed by atoms with Crippen molar-refractivity contribution >= 4 is 17.7 Å². The molecule has 0 radical (unpaired) electrons. The third-order valence-corrected chi connectivity index (χ3v) is 6.73. The molecule has 0 bridgehead atoms. The summed E-state index contributed by atoms with van der Waals surface area (Å²) in [6, 6.07) is 12.0. The van der Waals surface area contributed by atoms with Crippen LogP contribution in [0.1, 0.15) is 49.7 Å². The van der Waals surface area contributed by atoms with Gasteiger partial charge in [0.2, 0.25) is 12.7 Å². The third-order valence-electron chi connectivity index (χ3n) is 6.73. The Bertz CT molecular complexity index is 1470. The molecule has 0 spiro atoms. The number of ether oxygens (including phenoxy) is 4. The normalized spacial score (nSPS) is 15.5. The number of amides is 2. The van der Waals surface area contributed by atoms with Crippen molar-refractivity contribution in [2.24, 2.45) is 0 Å². The van der Waals surface area contributed by atoms with E-state index in [1.807, 2.05) is 0 Å². The van der Waals surface area contributed by atoms with Crippen molar-refractivity contribution < 1.29 is 41.7 Å². The number of likely N-dealkylation sites (tertiary alicyclic amines) is 1. The summed E-state index contributed by atoms with van der Waals surface area (Å²) in [5.74, 6) is 0.572. The van der Waals surface area contributed by atoms with Gasteiger partial charge in [-0.25, -0.2) is 9.48 Å². The predicted molar refractivity (Wildman–Crippen MR) is 145 cm³/mol. The maximum Gasteiger partial charge on any atom is 0.435 e. The summed E-state index contributed by atoms with van der Waals surface area (Å²) in [6.45, 7) is 6.08. The number of hydrogen-bond donors (Lipinski definition) is 0. The Hall–Kier alpha value is -4.42. The zero-order chi connectivity index (χ0) is 30.2. The number of alkyl halides is 3. The average Bonchev–Trinajstić information content (AvgIpc) is 3.58. The zero-order valence-electron chi connectivity index (χ0n) is 23.6. The van der Waals surface area contributed by atoms with Gasteiger partial charge in [-0.1, -0.05) is 6.07 Å². The van der Waals surface area contributed by atoms with Crippen molar-refractivity contribution in [3.8, 4) is 23.1 Å². The molecule has 1 aromatic heterocycles. The Kier molecular flexibility index (Phi) is 7.69. The van der Waals surface area contributed by atoms with Gasteiger partial charge in [0.1, 0.15) is 11.7 Å². The molecule has 42 heavy (non-hydrogen) atoms. The molecule has 10 nitrogen and oxygen atoms in total. The molecule has 2 aliphatic heterocycles. The van der Waals surface area contributed by atoms with Crippen molar-refractivity contribution in [2.45, 2.75) is 51.5 Å². The van der Waals surface area contributed by atoms with Crippen LogP contribution in [0.2, 0.25) is 0 Å². The number of benzene rings is 2. The molecule has 0 aliphatic carbocycles. The molecule has 224 valence electrons. The molecule has 2 aliphatic rings. The average molecular weight is 589 g/mol. The fraction of sp³-hybridized carbons (Fsp3) is 0.414. The lowest BCUT2D eigenvalue weighted by Gasteiger charge is -2.33. The minimum Gasteiger partial charge on any atom is -0.474 e. The second-order valence-electron chi connectivity index (χ2n) is 11.0. The highest BCUT2D eigenvalue weighted by Gasteiger charge is 2.36. The first-order valence-corrected chi connectivity index (χ1v) is 13.4. The van der Waals surface area contributed by atoms with E-state index in [2.05, 4.69) is 5.10 Å². The van der Waals surface area contributed by atoms with Crippen LogP contribution >= 0.6 is 0 Å². The number of carbonyl (C=O) groups excluding carboxylic acids is 2. The highest BCUT2D eigenvalue weighted by Crippen LogP contribution is 2.36. The summed E-state index contributed by atoms with van der Waals surface area (Å²) >= 11 is 0. The number of carbonyl (C=O) groups is 2. The third kappa shape index (κ3) is 6.39. The van der Waals surface area contributed by atoms with Crippen molar-refractivity contribution in [3.63, 3.8) is 0 Å². The Morgan fingerprint density at radius 2 is 1.71 bits per heavy atom. The monoisotopic (exact) mass is 588 g/mol. The highest BCUT2D eigenvalue weighted by atomic mass is 19.4. The molecule has 2 aromatic carbocycles. The maximum atomic E-state index is 13.7. The van der Waals surface area contributed by atoms with E-state index in [4.69, 9.17) is 18.9 Å². The van der Waals surface area contributed by atoms with E-state index >= 15 is 0 Å². The van der Waals surface area contributed by atoms with E-state index in [0.29, 0.717) is 43.1 Å². The van der Waals surface area contributed by atoms with E-state index in [0.717, 1.165) is 10.7 Å². The van der Waals surface area contributed by atoms with Crippen LogP contribution in [0.25, 0.3) is 5.69 Å². The van der Waals surface area contributed by atoms with Crippen LogP contribution < -0.4 is 19.1 Å². The molecule has 0 N–H and O–H groups in total. The second kappa shape index (κ2) is 11.1. The van der Waals surface area contributed by atoms with Crippen LogP contribution in [-0.2, 0) is 10.9 Å². The van der Waals surface area contributed by atoms with E-state index in [9.17, 15) is 22.8 Å². The first-order chi connectivity index (χ1) is 19.8. The first kappa shape index (κ1) is 29.1. The number of nitrogens with zero attached hydrogens (tertiary/aromatic N) is 4. The number of aromatic nitrogens is 2. The van der Waals surface area contributed by atoms with Gasteiger partial charge in [-0.2, -0.15) is 18.3 Å². The summed E-state index contributed by atoms with van der Waals surface area (Å²) in [4.78, 5) is 28.7. The van der Waals surface area contributed by atoms with Gasteiger partial charge in [0, 0.05) is 56.4 Å². The summed E-state index contributed by atoms with van der Waals surface area (Å²) < 4.78 is 64.2. The minimum atomic E-state index is -4.71. The van der Waals surface area contributed by atoms with Gasteiger partial charge in [-0.05, 0) is 51.1 Å². The molecular formula is C29H31F3N4O6. The van der Waals surface area contributed by atoms with Gasteiger partial charge in [0.15, 0.2) is 17.2 Å². The molecule has 1 saturated heterocycles. The predicted octanol–water partition coefficient (Wildman–Crippen LogP) is 5.67. The van der Waals surface area contributed by atoms with E-state index in [-0.39, 0.29) is 23.9 Å². The number of halogens is 3. The van der Waals surface area contributed by atoms with Gasteiger partial charge in [0.25, 0.3) is 5.91 Å². The van der Waals surface area contributed by atoms with Crippen molar-refractivity contribution in [1.82, 2.24) is 14.7 Å². The molecule has 1 fully saturated rings. The number of fused-ring (bicyclic) bond motifs is 1. The topological polar surface area (TPSA) is 95.4 Å². The lowest BCUT2D eigenvalue weighted by atomic mass is 10.1. The zero-order valence-corrected chi connectivity index (χ0v) is 23.6. The fourth-order valence-electron chi connectivity index (χ4n) is 4.60. The number of rotatable bonds is 5. The highest BCUT2D eigenvalue weighted by molar-refractivity contribution is 6.06. The Morgan fingerprint density at radius 1 is 1.00 bits per heavy atom. The minimum absolute atomic E-state index is 0.0928. The van der Waals surface area contributed by atoms with E-state index < -0.39 is 35.6 Å². The van der Waals surface area contributed by atoms with Gasteiger partial charge >= 0.3 is 12.3 Å². The van der Waals surface area contributed by atoms with Gasteiger partial charge < -0.3 is 28.7 Å². The Morgan fingerprint density at radius 3 is 2.40 bits per heavy atom. The largest absolute Gasteiger partial charge is 0.474 e. The molecular weight excluding hydrogens is 557 g/mol. The van der Waals surface area contributed by atoms with E-state index in [1.165, 1.54) is 11.0 Å². The molecule has 13 heteroatoms. The molecule has 0 saturated carbocycles. The van der Waals surface area contributed by atoms with Crippen LogP contribution in [0.4, 0.5) is 23.7 Å². The van der Waals surface area contributed by atoms with Crippen LogP contribution in [0.15, 0.2) is 48.5 Å². The molecule has 0 unspecified atom stereocenters. The van der Waals surface area contributed by atoms with Crippen LogP contribution in [0.5, 0.6) is 17.4 Å². The van der Waals surface area contributed by atoms with Crippen molar-refractivity contribution in [1.29, 1.82) is 0 Å². The van der Waals surface area contributed by atoms with Gasteiger partial charge in [-0.15, -0.1) is 0 Å². The van der Waals surface area contributed by atoms with Crippen LogP contribution in [0, 0.1) is 0 Å². The lowest BCUT2D eigenvalue weighted by molar-refractivity contribution is -0.141. The molecule has 3 heterocycles. The maximum absolute atomic E-state index is 13.7. The summed E-state index contributed by atoms with van der Waals surface area (Å²) in [5.41, 5.74) is -0.766. The standard InChI is InChI=1S/C29H31F3N4O6/c1-28(2,3)42-27(38)35-12-10-21(11-13-35)41-25-16-24(29(30,31)32)33-36(25)20-7-5-6-18(14-20)26(37)34(4)19-8-9-22-23(15-19)40-17-39-22/h5-9,14-16,21H,10-13,17H2,1-4H3. The molecule has 5 rings (SSSR count). The van der Waals surface area contributed by atoms with Gasteiger partial charge in [0.05, 0.1) is 5.69 Å². The number of anilines is 1. The number of piperidine rings is 1. The van der Waals surface area contributed by atoms with Crippen molar-refractivity contribution in [3.05, 3.63) is 59.8 Å². The quantitative estimate of drug-likeness (QED) is 0.379. The number of hydrogen-bond acceptors (Lipinski definition) is 7. The Labute approximate surface area is 240 Å². The second-order valence-corrected chi connectivity index (χ2v) is 11.0. The molecule has 2 amide bonds. The van der Waals surface area contributed by atoms with Crippen molar-refractivity contribution in [2.75, 3.05) is 31.8 Å². The SMILES string of the molecule is CN(C(=O)c1cccc(-n2nc(C(F)(F)F)cc2OC2CCN(C(=O)OC(C)(C)C)CC2)c1)c1ccc2c(c1)OCO2.